The van der Waals surface area contributed by atoms with Crippen molar-refractivity contribution in [3.63, 3.8) is 0 Å². The molecule has 1 saturated heterocycles. The molecule has 1 atom stereocenters. The van der Waals surface area contributed by atoms with E-state index < -0.39 is 0 Å². The lowest BCUT2D eigenvalue weighted by Gasteiger charge is -2.17. The van der Waals surface area contributed by atoms with E-state index in [0.29, 0.717) is 24.1 Å². The maximum Gasteiger partial charge on any atom is 0.323 e. The number of anilines is 1. The first kappa shape index (κ1) is 15.0. The molecule has 2 aliphatic rings. The van der Waals surface area contributed by atoms with Crippen molar-refractivity contribution in [2.75, 3.05) is 24.5 Å². The number of rotatable bonds is 5. The fraction of sp³-hybridized carbons (Fsp3) is 0.533. The summed E-state index contributed by atoms with van der Waals surface area (Å²) >= 11 is 1.40. The number of allylic oxidation sites excluding steroid dienone is 2. The molecular weight excluding hydrogens is 300 g/mol. The first-order chi connectivity index (χ1) is 10.7. The molecule has 1 aromatic heterocycles. The number of amides is 3. The lowest BCUT2D eigenvalue weighted by atomic mass is 9.94. The fourth-order valence-corrected chi connectivity index (χ4v) is 3.53. The predicted octanol–water partition coefficient (Wildman–Crippen LogP) is 1.69. The molecule has 0 spiro atoms. The molecule has 1 fully saturated rings. The Morgan fingerprint density at radius 3 is 3.14 bits per heavy atom. The second-order valence-corrected chi connectivity index (χ2v) is 6.47. The molecule has 3 amide bonds. The molecule has 2 N–H and O–H groups in total. The van der Waals surface area contributed by atoms with Crippen LogP contribution in [0.25, 0.3) is 0 Å². The summed E-state index contributed by atoms with van der Waals surface area (Å²) in [6, 6.07) is -0.115. The zero-order chi connectivity index (χ0) is 15.4. The highest BCUT2D eigenvalue weighted by atomic mass is 32.1. The number of thiazole rings is 1. The SMILES string of the molecule is O=C(Cc1csc(N2CCNC2=O)n1)NC[C@@H]1CC=CCC1. The molecule has 118 valence electrons. The Labute approximate surface area is 133 Å². The van der Waals surface area contributed by atoms with Gasteiger partial charge in [0, 0.05) is 25.0 Å². The van der Waals surface area contributed by atoms with Crippen molar-refractivity contribution in [2.45, 2.75) is 25.7 Å². The number of aromatic nitrogens is 1. The average molecular weight is 320 g/mol. The molecule has 1 aliphatic heterocycles. The van der Waals surface area contributed by atoms with Gasteiger partial charge in [-0.1, -0.05) is 12.2 Å². The number of hydrogen-bond donors (Lipinski definition) is 2. The molecule has 0 radical (unpaired) electrons. The van der Waals surface area contributed by atoms with Crippen molar-refractivity contribution >= 4 is 28.4 Å². The summed E-state index contributed by atoms with van der Waals surface area (Å²) in [5.41, 5.74) is 0.723. The quantitative estimate of drug-likeness (QED) is 0.811. The van der Waals surface area contributed by atoms with Crippen molar-refractivity contribution in [2.24, 2.45) is 5.92 Å². The van der Waals surface area contributed by atoms with Crippen LogP contribution in [0, 0.1) is 5.92 Å². The van der Waals surface area contributed by atoms with E-state index in [2.05, 4.69) is 27.8 Å². The van der Waals surface area contributed by atoms with Crippen LogP contribution in [0.2, 0.25) is 0 Å². The minimum absolute atomic E-state index is 0.00252. The standard InChI is InChI=1S/C15H20N4O2S/c20-13(17-9-11-4-2-1-3-5-11)8-12-10-22-15(18-12)19-7-6-16-14(19)21/h1-2,10-11H,3-9H2,(H,16,21)(H,17,20)/t11-/m1/s1. The summed E-state index contributed by atoms with van der Waals surface area (Å²) < 4.78 is 0. The Morgan fingerprint density at radius 1 is 1.50 bits per heavy atom. The number of nitrogens with zero attached hydrogens (tertiary/aromatic N) is 2. The van der Waals surface area contributed by atoms with E-state index in [1.807, 2.05) is 5.38 Å². The Balaban J connectivity index is 1.48. The van der Waals surface area contributed by atoms with Crippen LogP contribution in [0.1, 0.15) is 25.0 Å². The van der Waals surface area contributed by atoms with Gasteiger partial charge in [-0.15, -0.1) is 11.3 Å². The maximum absolute atomic E-state index is 12.0. The summed E-state index contributed by atoms with van der Waals surface area (Å²) in [6.45, 7) is 2.01. The summed E-state index contributed by atoms with van der Waals surface area (Å²) in [5, 5.41) is 8.24. The highest BCUT2D eigenvalue weighted by Crippen LogP contribution is 2.22. The molecule has 3 rings (SSSR count). The molecule has 22 heavy (non-hydrogen) atoms. The van der Waals surface area contributed by atoms with E-state index in [0.717, 1.165) is 31.5 Å². The molecule has 0 unspecified atom stereocenters. The van der Waals surface area contributed by atoms with Crippen molar-refractivity contribution in [3.05, 3.63) is 23.2 Å². The van der Waals surface area contributed by atoms with Gasteiger partial charge in [-0.05, 0) is 25.2 Å². The van der Waals surface area contributed by atoms with Gasteiger partial charge >= 0.3 is 6.03 Å². The van der Waals surface area contributed by atoms with Crippen LogP contribution < -0.4 is 15.5 Å². The molecule has 1 aromatic rings. The Bertz CT molecular complexity index is 584. The molecule has 6 nitrogen and oxygen atoms in total. The smallest absolute Gasteiger partial charge is 0.323 e. The zero-order valence-electron chi connectivity index (χ0n) is 12.4. The van der Waals surface area contributed by atoms with Gasteiger partial charge in [0.25, 0.3) is 0 Å². The van der Waals surface area contributed by atoms with Crippen LogP contribution in [0.3, 0.4) is 0 Å². The van der Waals surface area contributed by atoms with Crippen molar-refractivity contribution < 1.29 is 9.59 Å². The van der Waals surface area contributed by atoms with Gasteiger partial charge in [-0.3, -0.25) is 9.69 Å². The number of hydrogen-bond acceptors (Lipinski definition) is 4. The van der Waals surface area contributed by atoms with Gasteiger partial charge in [-0.25, -0.2) is 9.78 Å². The number of nitrogens with one attached hydrogen (secondary N) is 2. The van der Waals surface area contributed by atoms with Crippen LogP contribution in [0.15, 0.2) is 17.5 Å². The predicted molar refractivity (Wildman–Crippen MR) is 86.1 cm³/mol. The minimum Gasteiger partial charge on any atom is -0.355 e. The van der Waals surface area contributed by atoms with Gasteiger partial charge in [-0.2, -0.15) is 0 Å². The summed E-state index contributed by atoms with van der Waals surface area (Å²) in [5.74, 6) is 0.547. The van der Waals surface area contributed by atoms with Gasteiger partial charge in [0.1, 0.15) is 0 Å². The molecular formula is C15H20N4O2S. The van der Waals surface area contributed by atoms with Crippen LogP contribution in [-0.4, -0.2) is 36.6 Å². The Hall–Kier alpha value is -1.89. The monoisotopic (exact) mass is 320 g/mol. The summed E-state index contributed by atoms with van der Waals surface area (Å²) in [4.78, 5) is 29.6. The van der Waals surface area contributed by atoms with Crippen LogP contribution >= 0.6 is 11.3 Å². The van der Waals surface area contributed by atoms with Crippen molar-refractivity contribution in [3.8, 4) is 0 Å². The third-order valence-electron chi connectivity index (χ3n) is 3.93. The molecule has 1 aliphatic carbocycles. The first-order valence-corrected chi connectivity index (χ1v) is 8.52. The molecule has 0 saturated carbocycles. The second-order valence-electron chi connectivity index (χ2n) is 5.64. The minimum atomic E-state index is -0.115. The normalized spacial score (nSPS) is 21.0. The number of carbonyl (C=O) groups is 2. The van der Waals surface area contributed by atoms with Gasteiger partial charge in [0.15, 0.2) is 5.13 Å². The van der Waals surface area contributed by atoms with Gasteiger partial charge in [0.05, 0.1) is 12.1 Å². The molecule has 2 heterocycles. The first-order valence-electron chi connectivity index (χ1n) is 7.64. The second kappa shape index (κ2) is 6.91. The van der Waals surface area contributed by atoms with E-state index in [9.17, 15) is 9.59 Å². The average Bonchev–Trinajstić information content (AvgIpc) is 3.15. The van der Waals surface area contributed by atoms with E-state index in [-0.39, 0.29) is 18.4 Å². The van der Waals surface area contributed by atoms with Crippen molar-refractivity contribution in [1.82, 2.24) is 15.6 Å². The van der Waals surface area contributed by atoms with E-state index in [1.165, 1.54) is 11.3 Å². The van der Waals surface area contributed by atoms with E-state index in [4.69, 9.17) is 0 Å². The van der Waals surface area contributed by atoms with E-state index >= 15 is 0 Å². The lowest BCUT2D eigenvalue weighted by molar-refractivity contribution is -0.120. The molecule has 0 bridgehead atoms. The van der Waals surface area contributed by atoms with E-state index in [1.54, 1.807) is 4.90 Å². The van der Waals surface area contributed by atoms with Crippen LogP contribution in [-0.2, 0) is 11.2 Å². The third-order valence-corrected chi connectivity index (χ3v) is 4.85. The van der Waals surface area contributed by atoms with Crippen LogP contribution in [0.4, 0.5) is 9.93 Å². The lowest BCUT2D eigenvalue weighted by Crippen LogP contribution is -2.31. The van der Waals surface area contributed by atoms with Gasteiger partial charge < -0.3 is 10.6 Å². The molecule has 7 heteroatoms. The maximum atomic E-state index is 12.0. The highest BCUT2D eigenvalue weighted by Gasteiger charge is 2.24. The summed E-state index contributed by atoms with van der Waals surface area (Å²) in [7, 11) is 0. The Morgan fingerprint density at radius 2 is 2.41 bits per heavy atom. The van der Waals surface area contributed by atoms with Gasteiger partial charge in [0.2, 0.25) is 5.91 Å². The zero-order valence-corrected chi connectivity index (χ0v) is 13.2. The van der Waals surface area contributed by atoms with Crippen LogP contribution in [0.5, 0.6) is 0 Å². The summed E-state index contributed by atoms with van der Waals surface area (Å²) in [6.07, 6.45) is 7.95. The Kier molecular flexibility index (Phi) is 4.72. The topological polar surface area (TPSA) is 74.3 Å². The third kappa shape index (κ3) is 3.65. The highest BCUT2D eigenvalue weighted by molar-refractivity contribution is 7.14. The van der Waals surface area contributed by atoms with Crippen molar-refractivity contribution in [1.29, 1.82) is 0 Å². The molecule has 0 aromatic carbocycles. The number of carbonyl (C=O) groups excluding carboxylic acids is 2. The largest absolute Gasteiger partial charge is 0.355 e. The fourth-order valence-electron chi connectivity index (χ4n) is 2.68. The number of urea groups is 1.